The van der Waals surface area contributed by atoms with E-state index in [-0.39, 0.29) is 5.91 Å². The summed E-state index contributed by atoms with van der Waals surface area (Å²) < 4.78 is 0. The molecule has 16 heavy (non-hydrogen) atoms. The highest BCUT2D eigenvalue weighted by atomic mass is 16.2. The quantitative estimate of drug-likeness (QED) is 0.707. The molecule has 0 atom stereocenters. The van der Waals surface area contributed by atoms with Gasteiger partial charge in [-0.05, 0) is 31.4 Å². The van der Waals surface area contributed by atoms with Crippen molar-refractivity contribution < 1.29 is 4.79 Å². The van der Waals surface area contributed by atoms with E-state index < -0.39 is 0 Å². The van der Waals surface area contributed by atoms with Crippen LogP contribution >= 0.6 is 0 Å². The first-order chi connectivity index (χ1) is 7.75. The summed E-state index contributed by atoms with van der Waals surface area (Å²) in [5, 5.41) is 0. The minimum atomic E-state index is 0.238. The Bertz CT molecular complexity index is 407. The SMILES string of the molecule is CC.Cc1ccc2c(c1)CN(C1CC1)C2=O. The monoisotopic (exact) mass is 217 g/mol. The summed E-state index contributed by atoms with van der Waals surface area (Å²) in [6.07, 6.45) is 2.39. The van der Waals surface area contributed by atoms with E-state index in [2.05, 4.69) is 13.0 Å². The maximum atomic E-state index is 11.9. The molecule has 2 heteroatoms. The molecule has 1 aliphatic carbocycles. The number of carbonyl (C=O) groups excluding carboxylic acids is 1. The molecule has 1 amide bonds. The molecule has 1 fully saturated rings. The molecule has 0 unspecified atom stereocenters. The Balaban J connectivity index is 0.000000457. The summed E-state index contributed by atoms with van der Waals surface area (Å²) in [4.78, 5) is 13.9. The van der Waals surface area contributed by atoms with Crippen molar-refractivity contribution in [2.45, 2.75) is 46.2 Å². The van der Waals surface area contributed by atoms with Gasteiger partial charge in [0.05, 0.1) is 0 Å². The van der Waals surface area contributed by atoms with Crippen molar-refractivity contribution in [1.29, 1.82) is 0 Å². The lowest BCUT2D eigenvalue weighted by Crippen LogP contribution is -2.25. The molecule has 0 radical (unpaired) electrons. The van der Waals surface area contributed by atoms with Crippen molar-refractivity contribution in [3.05, 3.63) is 34.9 Å². The Hall–Kier alpha value is -1.31. The highest BCUT2D eigenvalue weighted by Crippen LogP contribution is 2.34. The van der Waals surface area contributed by atoms with E-state index >= 15 is 0 Å². The highest BCUT2D eigenvalue weighted by Gasteiger charge is 2.37. The lowest BCUT2D eigenvalue weighted by molar-refractivity contribution is 0.0766. The second-order valence-corrected chi connectivity index (χ2v) is 4.32. The smallest absolute Gasteiger partial charge is 0.254 e. The van der Waals surface area contributed by atoms with E-state index in [0.717, 1.165) is 12.1 Å². The van der Waals surface area contributed by atoms with Gasteiger partial charge in [0, 0.05) is 18.2 Å². The van der Waals surface area contributed by atoms with Gasteiger partial charge in [-0.1, -0.05) is 31.5 Å². The molecule has 0 saturated heterocycles. The standard InChI is InChI=1S/C12H13NO.C2H6/c1-8-2-5-11-9(6-8)7-13(12(11)14)10-3-4-10;1-2/h2,5-6,10H,3-4,7H2,1H3;1-2H3. The maximum Gasteiger partial charge on any atom is 0.254 e. The first kappa shape index (κ1) is 11.2. The minimum Gasteiger partial charge on any atom is -0.331 e. The summed E-state index contributed by atoms with van der Waals surface area (Å²) in [5.41, 5.74) is 3.37. The van der Waals surface area contributed by atoms with Gasteiger partial charge in [-0.2, -0.15) is 0 Å². The molecule has 1 heterocycles. The van der Waals surface area contributed by atoms with Crippen molar-refractivity contribution in [3.63, 3.8) is 0 Å². The molecular formula is C14H19NO. The first-order valence-electron chi connectivity index (χ1n) is 6.16. The zero-order valence-corrected chi connectivity index (χ0v) is 10.3. The minimum absolute atomic E-state index is 0.238. The van der Waals surface area contributed by atoms with Crippen LogP contribution in [0.4, 0.5) is 0 Å². The number of carbonyl (C=O) groups is 1. The molecule has 1 saturated carbocycles. The number of hydrogen-bond acceptors (Lipinski definition) is 1. The average Bonchev–Trinajstić information content (AvgIpc) is 3.08. The molecule has 0 bridgehead atoms. The molecular weight excluding hydrogens is 198 g/mol. The molecule has 0 N–H and O–H groups in total. The Kier molecular flexibility index (Phi) is 2.99. The zero-order valence-electron chi connectivity index (χ0n) is 10.3. The fraction of sp³-hybridized carbons (Fsp3) is 0.500. The number of amides is 1. The average molecular weight is 217 g/mol. The lowest BCUT2D eigenvalue weighted by atomic mass is 10.1. The first-order valence-corrected chi connectivity index (χ1v) is 6.16. The summed E-state index contributed by atoms with van der Waals surface area (Å²) in [6.45, 7) is 6.91. The van der Waals surface area contributed by atoms with Crippen molar-refractivity contribution in [2.75, 3.05) is 0 Å². The van der Waals surface area contributed by atoms with E-state index in [1.807, 2.05) is 30.9 Å². The number of rotatable bonds is 1. The van der Waals surface area contributed by atoms with Crippen LogP contribution in [0.1, 0.15) is 48.2 Å². The molecule has 0 spiro atoms. The number of nitrogens with zero attached hydrogens (tertiary/aromatic N) is 1. The van der Waals surface area contributed by atoms with Crippen molar-refractivity contribution in [1.82, 2.24) is 4.90 Å². The molecule has 2 aliphatic rings. The van der Waals surface area contributed by atoms with E-state index in [4.69, 9.17) is 0 Å². The Morgan fingerprint density at radius 2 is 1.94 bits per heavy atom. The van der Waals surface area contributed by atoms with Gasteiger partial charge in [0.25, 0.3) is 5.91 Å². The largest absolute Gasteiger partial charge is 0.331 e. The van der Waals surface area contributed by atoms with Gasteiger partial charge < -0.3 is 4.90 Å². The topological polar surface area (TPSA) is 20.3 Å². The van der Waals surface area contributed by atoms with Gasteiger partial charge in [0.1, 0.15) is 0 Å². The molecule has 86 valence electrons. The number of benzene rings is 1. The van der Waals surface area contributed by atoms with E-state index in [1.165, 1.54) is 24.0 Å². The van der Waals surface area contributed by atoms with Gasteiger partial charge in [-0.25, -0.2) is 0 Å². The van der Waals surface area contributed by atoms with Crippen molar-refractivity contribution in [2.24, 2.45) is 0 Å². The summed E-state index contributed by atoms with van der Waals surface area (Å²) in [5.74, 6) is 0.238. The van der Waals surface area contributed by atoms with Crippen LogP contribution in [0.2, 0.25) is 0 Å². The van der Waals surface area contributed by atoms with Crippen LogP contribution in [-0.4, -0.2) is 16.8 Å². The molecule has 1 aromatic carbocycles. The third-order valence-corrected chi connectivity index (χ3v) is 3.08. The van der Waals surface area contributed by atoms with Gasteiger partial charge in [-0.15, -0.1) is 0 Å². The van der Waals surface area contributed by atoms with Crippen LogP contribution in [0.5, 0.6) is 0 Å². The fourth-order valence-corrected chi connectivity index (χ4v) is 2.15. The van der Waals surface area contributed by atoms with Crippen molar-refractivity contribution in [3.8, 4) is 0 Å². The number of hydrogen-bond donors (Lipinski definition) is 0. The second-order valence-electron chi connectivity index (χ2n) is 4.32. The lowest BCUT2D eigenvalue weighted by Gasteiger charge is -2.13. The predicted octanol–water partition coefficient (Wildman–Crippen LogP) is 3.14. The van der Waals surface area contributed by atoms with Crippen LogP contribution < -0.4 is 0 Å². The summed E-state index contributed by atoms with van der Waals surface area (Å²) >= 11 is 0. The third kappa shape index (κ3) is 1.84. The van der Waals surface area contributed by atoms with Gasteiger partial charge in [0.2, 0.25) is 0 Å². The number of aryl methyl sites for hydroxylation is 1. The van der Waals surface area contributed by atoms with Gasteiger partial charge in [0.15, 0.2) is 0 Å². The molecule has 1 aromatic rings. The highest BCUT2D eigenvalue weighted by molar-refractivity contribution is 5.98. The summed E-state index contributed by atoms with van der Waals surface area (Å²) in [6, 6.07) is 6.66. The number of fused-ring (bicyclic) bond motifs is 1. The van der Waals surface area contributed by atoms with E-state index in [1.54, 1.807) is 0 Å². The fourth-order valence-electron chi connectivity index (χ4n) is 2.15. The molecule has 3 rings (SSSR count). The predicted molar refractivity (Wildman–Crippen MR) is 65.4 cm³/mol. The Morgan fingerprint density at radius 3 is 2.56 bits per heavy atom. The van der Waals surface area contributed by atoms with Gasteiger partial charge in [-0.3, -0.25) is 4.79 Å². The maximum absolute atomic E-state index is 11.9. The van der Waals surface area contributed by atoms with Crippen LogP contribution in [0.15, 0.2) is 18.2 Å². The van der Waals surface area contributed by atoms with Crippen LogP contribution in [0, 0.1) is 6.92 Å². The molecule has 1 aliphatic heterocycles. The van der Waals surface area contributed by atoms with Crippen LogP contribution in [0.3, 0.4) is 0 Å². The zero-order chi connectivity index (χ0) is 11.7. The van der Waals surface area contributed by atoms with E-state index in [0.29, 0.717) is 6.04 Å². The third-order valence-electron chi connectivity index (χ3n) is 3.08. The summed E-state index contributed by atoms with van der Waals surface area (Å²) in [7, 11) is 0. The Labute approximate surface area is 97.3 Å². The van der Waals surface area contributed by atoms with Crippen LogP contribution in [-0.2, 0) is 6.54 Å². The van der Waals surface area contributed by atoms with Gasteiger partial charge >= 0.3 is 0 Å². The second kappa shape index (κ2) is 4.28. The van der Waals surface area contributed by atoms with E-state index in [9.17, 15) is 4.79 Å². The molecule has 0 aromatic heterocycles. The molecule has 2 nitrogen and oxygen atoms in total. The van der Waals surface area contributed by atoms with Crippen molar-refractivity contribution >= 4 is 5.91 Å². The normalized spacial score (nSPS) is 17.9. The van der Waals surface area contributed by atoms with Crippen LogP contribution in [0.25, 0.3) is 0 Å². The Morgan fingerprint density at radius 1 is 1.25 bits per heavy atom.